The molecule has 0 amide bonds. The second-order valence-electron chi connectivity index (χ2n) is 5.23. The Morgan fingerprint density at radius 1 is 0.792 bits per heavy atom. The van der Waals surface area contributed by atoms with Gasteiger partial charge in [-0.1, -0.05) is 60.7 Å². The molecule has 0 bridgehead atoms. The van der Waals surface area contributed by atoms with Gasteiger partial charge in [-0.2, -0.15) is 0 Å². The third-order valence-corrected chi connectivity index (χ3v) is 3.60. The minimum absolute atomic E-state index is 0.136. The van der Waals surface area contributed by atoms with Crippen molar-refractivity contribution in [3.8, 4) is 33.8 Å². The van der Waals surface area contributed by atoms with E-state index in [4.69, 9.17) is 9.84 Å². The lowest BCUT2D eigenvalue weighted by Gasteiger charge is -2.16. The monoisotopic (exact) mass is 319 g/mol. The minimum Gasteiger partial charge on any atom is -0.481 e. The molecule has 0 aliphatic carbocycles. The average molecular weight is 319 g/mol. The summed E-state index contributed by atoms with van der Waals surface area (Å²) < 4.78 is 5.43. The van der Waals surface area contributed by atoms with Gasteiger partial charge < -0.3 is 9.84 Å². The van der Waals surface area contributed by atoms with Crippen LogP contribution in [0.2, 0.25) is 0 Å². The first-order valence-electron chi connectivity index (χ1n) is 7.46. The van der Waals surface area contributed by atoms with E-state index >= 15 is 0 Å². The van der Waals surface area contributed by atoms with Gasteiger partial charge in [-0.05, 0) is 23.3 Å². The van der Waals surface area contributed by atoms with E-state index in [-0.39, 0.29) is 5.75 Å². The standard InChI is InChI=1S/C20H15O4/c21-16-11-12-17(24-13-18(22)23)20(15-9-5-2-6-10-15)19(16)14-7-3-1-4-8-14/h1-12H,13H2,(H,22,23). The summed E-state index contributed by atoms with van der Waals surface area (Å²) in [4.78, 5) is 10.9. The van der Waals surface area contributed by atoms with Gasteiger partial charge in [0.15, 0.2) is 12.4 Å². The Morgan fingerprint density at radius 3 is 1.88 bits per heavy atom. The fourth-order valence-corrected chi connectivity index (χ4v) is 2.61. The van der Waals surface area contributed by atoms with Gasteiger partial charge in [-0.15, -0.1) is 0 Å². The van der Waals surface area contributed by atoms with Crippen LogP contribution in [0.5, 0.6) is 11.5 Å². The molecule has 3 rings (SSSR count). The predicted molar refractivity (Wildman–Crippen MR) is 90.6 cm³/mol. The molecule has 0 atom stereocenters. The summed E-state index contributed by atoms with van der Waals surface area (Å²) in [5.74, 6) is -0.828. The Labute approximate surface area is 139 Å². The lowest BCUT2D eigenvalue weighted by Crippen LogP contribution is -2.10. The molecular weight excluding hydrogens is 304 g/mol. The molecule has 3 aromatic rings. The average Bonchev–Trinajstić information content (AvgIpc) is 2.61. The van der Waals surface area contributed by atoms with Crippen molar-refractivity contribution in [2.45, 2.75) is 0 Å². The number of ether oxygens (including phenoxy) is 1. The summed E-state index contributed by atoms with van der Waals surface area (Å²) in [5.41, 5.74) is 2.68. The van der Waals surface area contributed by atoms with Crippen molar-refractivity contribution in [2.75, 3.05) is 6.61 Å². The maximum absolute atomic E-state index is 12.5. The SMILES string of the molecule is [O]c1ccc(OCC(=O)O)c(-c2ccccc2)c1-c1ccccc1. The molecule has 4 heteroatoms. The van der Waals surface area contributed by atoms with Gasteiger partial charge in [0.1, 0.15) is 5.75 Å². The van der Waals surface area contributed by atoms with Crippen molar-refractivity contribution in [2.24, 2.45) is 0 Å². The van der Waals surface area contributed by atoms with Gasteiger partial charge in [0, 0.05) is 11.1 Å². The normalized spacial score (nSPS) is 10.3. The van der Waals surface area contributed by atoms with Gasteiger partial charge in [0.25, 0.3) is 0 Å². The molecule has 0 aromatic heterocycles. The summed E-state index contributed by atoms with van der Waals surface area (Å²) in [6, 6.07) is 21.6. The first-order valence-corrected chi connectivity index (χ1v) is 7.46. The summed E-state index contributed by atoms with van der Waals surface area (Å²) in [6.07, 6.45) is 0. The summed E-state index contributed by atoms with van der Waals surface area (Å²) in [7, 11) is 0. The molecule has 1 radical (unpaired) electrons. The topological polar surface area (TPSA) is 66.4 Å². The number of hydrogen-bond acceptors (Lipinski definition) is 2. The minimum atomic E-state index is -1.07. The molecule has 119 valence electrons. The molecule has 1 N–H and O–H groups in total. The van der Waals surface area contributed by atoms with Crippen LogP contribution in [0, 0.1) is 0 Å². The van der Waals surface area contributed by atoms with Gasteiger partial charge in [0.2, 0.25) is 0 Å². The maximum atomic E-state index is 12.5. The Kier molecular flexibility index (Phi) is 4.47. The third-order valence-electron chi connectivity index (χ3n) is 3.60. The molecule has 0 heterocycles. The quantitative estimate of drug-likeness (QED) is 0.745. The number of rotatable bonds is 5. The Balaban J connectivity index is 2.23. The molecule has 0 saturated carbocycles. The van der Waals surface area contributed by atoms with E-state index in [0.29, 0.717) is 16.9 Å². The first-order chi connectivity index (χ1) is 11.7. The van der Waals surface area contributed by atoms with Crippen molar-refractivity contribution in [3.63, 3.8) is 0 Å². The summed E-state index contributed by atoms with van der Waals surface area (Å²) in [5, 5.41) is 21.4. The van der Waals surface area contributed by atoms with E-state index in [2.05, 4.69) is 0 Å². The van der Waals surface area contributed by atoms with Crippen molar-refractivity contribution in [1.29, 1.82) is 0 Å². The van der Waals surface area contributed by atoms with E-state index in [0.717, 1.165) is 11.1 Å². The lowest BCUT2D eigenvalue weighted by molar-refractivity contribution is -0.139. The predicted octanol–water partition coefficient (Wildman–Crippen LogP) is 4.63. The van der Waals surface area contributed by atoms with Crippen LogP contribution < -0.4 is 4.74 Å². The zero-order chi connectivity index (χ0) is 16.9. The molecule has 0 unspecified atom stereocenters. The highest BCUT2D eigenvalue weighted by molar-refractivity contribution is 5.91. The fourth-order valence-electron chi connectivity index (χ4n) is 2.61. The number of carboxylic acids is 1. The second-order valence-corrected chi connectivity index (χ2v) is 5.23. The number of hydrogen-bond donors (Lipinski definition) is 1. The van der Waals surface area contributed by atoms with Gasteiger partial charge in [-0.25, -0.2) is 4.79 Å². The van der Waals surface area contributed by atoms with Crippen LogP contribution >= 0.6 is 0 Å². The van der Waals surface area contributed by atoms with Crippen LogP contribution in [0.25, 0.3) is 22.3 Å². The summed E-state index contributed by atoms with van der Waals surface area (Å²) in [6.45, 7) is -0.466. The van der Waals surface area contributed by atoms with E-state index in [1.54, 1.807) is 0 Å². The second kappa shape index (κ2) is 6.87. The van der Waals surface area contributed by atoms with Crippen LogP contribution in [0.15, 0.2) is 72.8 Å². The highest BCUT2D eigenvalue weighted by atomic mass is 16.5. The van der Waals surface area contributed by atoms with Crippen LogP contribution in [0.4, 0.5) is 0 Å². The number of aliphatic carboxylic acids is 1. The molecule has 0 fully saturated rings. The van der Waals surface area contributed by atoms with E-state index < -0.39 is 12.6 Å². The van der Waals surface area contributed by atoms with Crippen molar-refractivity contribution < 1.29 is 19.7 Å². The Hall–Kier alpha value is -3.27. The molecule has 0 aliphatic rings. The molecule has 24 heavy (non-hydrogen) atoms. The number of carbonyl (C=O) groups is 1. The number of carboxylic acid groups (broad SMARTS) is 1. The molecular formula is C20H15O4. The third kappa shape index (κ3) is 3.22. The highest BCUT2D eigenvalue weighted by Crippen LogP contribution is 2.44. The maximum Gasteiger partial charge on any atom is 0.341 e. The first kappa shape index (κ1) is 15.6. The van der Waals surface area contributed by atoms with E-state index in [9.17, 15) is 9.90 Å². The van der Waals surface area contributed by atoms with Crippen LogP contribution in [-0.2, 0) is 9.90 Å². The summed E-state index contributed by atoms with van der Waals surface area (Å²) >= 11 is 0. The smallest absolute Gasteiger partial charge is 0.341 e. The van der Waals surface area contributed by atoms with Crippen LogP contribution in [-0.4, -0.2) is 17.7 Å². The molecule has 4 nitrogen and oxygen atoms in total. The van der Waals surface area contributed by atoms with Crippen molar-refractivity contribution in [1.82, 2.24) is 0 Å². The zero-order valence-electron chi connectivity index (χ0n) is 12.8. The lowest BCUT2D eigenvalue weighted by atomic mass is 9.93. The van der Waals surface area contributed by atoms with Gasteiger partial charge in [-0.3, -0.25) is 5.11 Å². The van der Waals surface area contributed by atoms with Crippen LogP contribution in [0.3, 0.4) is 0 Å². The van der Waals surface area contributed by atoms with Gasteiger partial charge in [0.05, 0.1) is 0 Å². The molecule has 0 spiro atoms. The Morgan fingerprint density at radius 2 is 1.33 bits per heavy atom. The largest absolute Gasteiger partial charge is 0.481 e. The Bertz CT molecular complexity index is 842. The van der Waals surface area contributed by atoms with Gasteiger partial charge >= 0.3 is 5.97 Å². The van der Waals surface area contributed by atoms with Crippen molar-refractivity contribution >= 4 is 5.97 Å². The zero-order valence-corrected chi connectivity index (χ0v) is 12.8. The van der Waals surface area contributed by atoms with Crippen LogP contribution in [0.1, 0.15) is 0 Å². The number of benzene rings is 3. The van der Waals surface area contributed by atoms with E-state index in [1.165, 1.54) is 12.1 Å². The molecule has 0 aliphatic heterocycles. The molecule has 3 aromatic carbocycles. The van der Waals surface area contributed by atoms with E-state index in [1.807, 2.05) is 60.7 Å². The highest BCUT2D eigenvalue weighted by Gasteiger charge is 2.19. The fraction of sp³-hybridized carbons (Fsp3) is 0.0500. The molecule has 0 saturated heterocycles. The van der Waals surface area contributed by atoms with Crippen molar-refractivity contribution in [3.05, 3.63) is 72.8 Å².